The third-order valence-corrected chi connectivity index (χ3v) is 5.43. The number of rotatable bonds is 7. The van der Waals surface area contributed by atoms with Gasteiger partial charge in [-0.15, -0.1) is 5.10 Å². The van der Waals surface area contributed by atoms with Crippen molar-refractivity contribution in [3.63, 3.8) is 0 Å². The maximum atomic E-state index is 12.6. The van der Waals surface area contributed by atoms with Crippen molar-refractivity contribution in [2.45, 2.75) is 38.3 Å². The van der Waals surface area contributed by atoms with Crippen LogP contribution in [0.1, 0.15) is 36.4 Å². The molecule has 0 atom stereocenters. The number of ether oxygens (including phenoxy) is 1. The summed E-state index contributed by atoms with van der Waals surface area (Å²) in [7, 11) is 0. The molecule has 1 aromatic heterocycles. The largest absolute Gasteiger partial charge is 0.489 e. The minimum atomic E-state index is 0.228. The Balaban J connectivity index is 1.20. The Morgan fingerprint density at radius 2 is 1.76 bits per heavy atom. The van der Waals surface area contributed by atoms with E-state index in [9.17, 15) is 4.79 Å². The lowest BCUT2D eigenvalue weighted by molar-refractivity contribution is -0.132. The van der Waals surface area contributed by atoms with E-state index < -0.39 is 0 Å². The average molecular weight is 390 g/mol. The summed E-state index contributed by atoms with van der Waals surface area (Å²) in [6.07, 6.45) is 6.76. The number of aryl methyl sites for hydroxylation is 1. The van der Waals surface area contributed by atoms with Crippen molar-refractivity contribution >= 4 is 5.91 Å². The van der Waals surface area contributed by atoms with Gasteiger partial charge in [0.25, 0.3) is 0 Å². The summed E-state index contributed by atoms with van der Waals surface area (Å²) in [6.45, 7) is 2.13. The second-order valence-corrected chi connectivity index (χ2v) is 7.41. The Bertz CT molecular complexity index is 886. The molecule has 1 aliphatic heterocycles. The number of hydrogen-bond acceptors (Lipinski definition) is 4. The summed E-state index contributed by atoms with van der Waals surface area (Å²) in [5.41, 5.74) is 2.30. The average Bonchev–Trinajstić information content (AvgIpc) is 3.33. The summed E-state index contributed by atoms with van der Waals surface area (Å²) >= 11 is 0. The van der Waals surface area contributed by atoms with E-state index in [2.05, 4.69) is 22.4 Å². The number of piperidine rings is 1. The van der Waals surface area contributed by atoms with Crippen molar-refractivity contribution in [3.8, 4) is 5.75 Å². The molecular formula is C23H26N4O2. The van der Waals surface area contributed by atoms with Crippen LogP contribution in [0.4, 0.5) is 0 Å². The topological polar surface area (TPSA) is 60.2 Å². The Morgan fingerprint density at radius 1 is 1.00 bits per heavy atom. The Labute approximate surface area is 171 Å². The van der Waals surface area contributed by atoms with Crippen LogP contribution in [0.5, 0.6) is 5.75 Å². The van der Waals surface area contributed by atoms with Crippen LogP contribution in [0, 0.1) is 0 Å². The fraction of sp³-hybridized carbons (Fsp3) is 0.348. The highest BCUT2D eigenvalue weighted by Crippen LogP contribution is 2.22. The molecule has 0 N–H and O–H groups in total. The summed E-state index contributed by atoms with van der Waals surface area (Å²) in [5, 5.41) is 7.95. The van der Waals surface area contributed by atoms with Gasteiger partial charge in [-0.2, -0.15) is 0 Å². The Kier molecular flexibility index (Phi) is 6.19. The fourth-order valence-electron chi connectivity index (χ4n) is 3.69. The second-order valence-electron chi connectivity index (χ2n) is 7.41. The molecule has 2 aromatic carbocycles. The van der Waals surface area contributed by atoms with Crippen LogP contribution in [0.2, 0.25) is 0 Å². The maximum Gasteiger partial charge on any atom is 0.222 e. The number of amides is 1. The van der Waals surface area contributed by atoms with E-state index in [1.807, 2.05) is 58.2 Å². The molecule has 1 fully saturated rings. The van der Waals surface area contributed by atoms with E-state index in [4.69, 9.17) is 4.74 Å². The fourth-order valence-corrected chi connectivity index (χ4v) is 3.69. The first-order valence-corrected chi connectivity index (χ1v) is 10.2. The third kappa shape index (κ3) is 5.22. The summed E-state index contributed by atoms with van der Waals surface area (Å²) in [5.74, 6) is 1.07. The zero-order valence-corrected chi connectivity index (χ0v) is 16.5. The minimum absolute atomic E-state index is 0.228. The smallest absolute Gasteiger partial charge is 0.222 e. The zero-order chi connectivity index (χ0) is 19.9. The van der Waals surface area contributed by atoms with Gasteiger partial charge in [0.05, 0.1) is 12.2 Å². The highest BCUT2D eigenvalue weighted by atomic mass is 16.5. The molecule has 0 spiro atoms. The van der Waals surface area contributed by atoms with Crippen molar-refractivity contribution < 1.29 is 9.53 Å². The van der Waals surface area contributed by atoms with Gasteiger partial charge in [0, 0.05) is 25.7 Å². The number of carbonyl (C=O) groups is 1. The summed E-state index contributed by atoms with van der Waals surface area (Å²) < 4.78 is 7.73. The molecule has 4 rings (SSSR count). The maximum absolute atomic E-state index is 12.6. The van der Waals surface area contributed by atoms with Gasteiger partial charge in [-0.05, 0) is 42.5 Å². The molecule has 6 nitrogen and oxygen atoms in total. The zero-order valence-electron chi connectivity index (χ0n) is 16.5. The SMILES string of the molecule is O=C(CCc1ccc(OCc2ccccc2)cc1)N1CCC(n2ccnn2)CC1. The van der Waals surface area contributed by atoms with Gasteiger partial charge in [0.15, 0.2) is 0 Å². The molecule has 150 valence electrons. The van der Waals surface area contributed by atoms with Crippen LogP contribution in [0.3, 0.4) is 0 Å². The van der Waals surface area contributed by atoms with Crippen LogP contribution < -0.4 is 4.74 Å². The minimum Gasteiger partial charge on any atom is -0.489 e. The van der Waals surface area contributed by atoms with E-state index in [1.54, 1.807) is 6.20 Å². The van der Waals surface area contributed by atoms with Crippen LogP contribution in [-0.4, -0.2) is 38.9 Å². The highest BCUT2D eigenvalue weighted by molar-refractivity contribution is 5.76. The molecule has 3 aromatic rings. The quantitative estimate of drug-likeness (QED) is 0.618. The molecule has 0 saturated carbocycles. The Hall–Kier alpha value is -3.15. The number of carbonyl (C=O) groups excluding carboxylic acids is 1. The predicted octanol–water partition coefficient (Wildman–Crippen LogP) is 3.65. The second kappa shape index (κ2) is 9.37. The van der Waals surface area contributed by atoms with E-state index in [1.165, 1.54) is 0 Å². The van der Waals surface area contributed by atoms with E-state index in [0.717, 1.165) is 49.2 Å². The lowest BCUT2D eigenvalue weighted by atomic mass is 10.0. The van der Waals surface area contributed by atoms with Crippen molar-refractivity contribution in [2.24, 2.45) is 0 Å². The van der Waals surface area contributed by atoms with Gasteiger partial charge in [-0.1, -0.05) is 47.7 Å². The van der Waals surface area contributed by atoms with Gasteiger partial charge in [0.2, 0.25) is 5.91 Å². The number of aromatic nitrogens is 3. The predicted molar refractivity (Wildman–Crippen MR) is 110 cm³/mol. The molecule has 0 unspecified atom stereocenters. The highest BCUT2D eigenvalue weighted by Gasteiger charge is 2.23. The number of benzene rings is 2. The standard InChI is InChI=1S/C23H26N4O2/c28-23(26-15-12-21(13-16-26)27-17-14-24-25-27)11-8-19-6-9-22(10-7-19)29-18-20-4-2-1-3-5-20/h1-7,9-10,14,17,21H,8,11-13,15-16,18H2. The van der Waals surface area contributed by atoms with Gasteiger partial charge in [-0.3, -0.25) is 4.79 Å². The van der Waals surface area contributed by atoms with Crippen molar-refractivity contribution in [3.05, 3.63) is 78.1 Å². The number of hydrogen-bond donors (Lipinski definition) is 0. The molecular weight excluding hydrogens is 364 g/mol. The molecule has 0 aliphatic carbocycles. The molecule has 0 bridgehead atoms. The van der Waals surface area contributed by atoms with E-state index >= 15 is 0 Å². The van der Waals surface area contributed by atoms with Gasteiger partial charge < -0.3 is 9.64 Å². The van der Waals surface area contributed by atoms with Crippen molar-refractivity contribution in [2.75, 3.05) is 13.1 Å². The molecule has 0 radical (unpaired) electrons. The molecule has 29 heavy (non-hydrogen) atoms. The van der Waals surface area contributed by atoms with Crippen molar-refractivity contribution in [1.82, 2.24) is 19.9 Å². The lowest BCUT2D eigenvalue weighted by Crippen LogP contribution is -2.39. The summed E-state index contributed by atoms with van der Waals surface area (Å²) in [6, 6.07) is 18.5. The monoisotopic (exact) mass is 390 g/mol. The van der Waals surface area contributed by atoms with Crippen LogP contribution in [0.25, 0.3) is 0 Å². The van der Waals surface area contributed by atoms with E-state index in [0.29, 0.717) is 19.1 Å². The number of likely N-dealkylation sites (tertiary alicyclic amines) is 1. The first-order valence-electron chi connectivity index (χ1n) is 10.2. The third-order valence-electron chi connectivity index (χ3n) is 5.43. The van der Waals surface area contributed by atoms with Crippen molar-refractivity contribution in [1.29, 1.82) is 0 Å². The van der Waals surface area contributed by atoms with Crippen LogP contribution >= 0.6 is 0 Å². The molecule has 1 saturated heterocycles. The van der Waals surface area contributed by atoms with Crippen LogP contribution in [0.15, 0.2) is 67.0 Å². The molecule has 1 aliphatic rings. The summed E-state index contributed by atoms with van der Waals surface area (Å²) in [4.78, 5) is 14.5. The normalized spacial score (nSPS) is 14.7. The van der Waals surface area contributed by atoms with Crippen LogP contribution in [-0.2, 0) is 17.8 Å². The molecule has 1 amide bonds. The van der Waals surface area contributed by atoms with Gasteiger partial charge in [0.1, 0.15) is 12.4 Å². The Morgan fingerprint density at radius 3 is 2.45 bits per heavy atom. The first-order chi connectivity index (χ1) is 14.3. The molecule has 2 heterocycles. The lowest BCUT2D eigenvalue weighted by Gasteiger charge is -2.32. The number of nitrogens with zero attached hydrogens (tertiary/aromatic N) is 4. The van der Waals surface area contributed by atoms with E-state index in [-0.39, 0.29) is 5.91 Å². The molecule has 6 heteroatoms. The van der Waals surface area contributed by atoms with Gasteiger partial charge in [-0.25, -0.2) is 4.68 Å². The first kappa shape index (κ1) is 19.2. The van der Waals surface area contributed by atoms with Gasteiger partial charge >= 0.3 is 0 Å².